The van der Waals surface area contributed by atoms with Crippen molar-refractivity contribution >= 4 is 23.2 Å². The predicted octanol–water partition coefficient (Wildman–Crippen LogP) is 1.78. The monoisotopic (exact) mass is 510 g/mol. The van der Waals surface area contributed by atoms with Crippen molar-refractivity contribution in [2.24, 2.45) is 0 Å². The fraction of sp³-hybridized carbons (Fsp3) is 0.360. The molecule has 1 aromatic heterocycles. The van der Waals surface area contributed by atoms with Gasteiger partial charge >= 0.3 is 0 Å². The van der Waals surface area contributed by atoms with E-state index in [4.69, 9.17) is 24.7 Å². The Hall–Kier alpha value is -4.48. The number of anilines is 2. The Kier molecular flexibility index (Phi) is 7.37. The van der Waals surface area contributed by atoms with Gasteiger partial charge < -0.3 is 34.5 Å². The van der Waals surface area contributed by atoms with Crippen LogP contribution in [0.2, 0.25) is 0 Å². The van der Waals surface area contributed by atoms with Crippen LogP contribution >= 0.6 is 0 Å². The fourth-order valence-electron chi connectivity index (χ4n) is 4.20. The lowest BCUT2D eigenvalue weighted by molar-refractivity contribution is -0.129. The van der Waals surface area contributed by atoms with Gasteiger partial charge in [-0.2, -0.15) is 0 Å². The summed E-state index contributed by atoms with van der Waals surface area (Å²) in [6.07, 6.45) is 0. The van der Waals surface area contributed by atoms with Crippen molar-refractivity contribution in [3.05, 3.63) is 41.6 Å². The van der Waals surface area contributed by atoms with Gasteiger partial charge in [0.15, 0.2) is 23.0 Å². The lowest BCUT2D eigenvalue weighted by Crippen LogP contribution is -2.48. The number of ketones is 1. The molecule has 2 aromatic carbocycles. The van der Waals surface area contributed by atoms with Crippen LogP contribution in [0.5, 0.6) is 23.0 Å². The van der Waals surface area contributed by atoms with Crippen LogP contribution in [0.15, 0.2) is 30.3 Å². The molecule has 0 atom stereocenters. The van der Waals surface area contributed by atoms with Crippen molar-refractivity contribution in [2.75, 3.05) is 65.3 Å². The highest BCUT2D eigenvalue weighted by atomic mass is 16.5. The Morgan fingerprint density at radius 1 is 0.838 bits per heavy atom. The summed E-state index contributed by atoms with van der Waals surface area (Å²) in [7, 11) is 5.99. The molecule has 196 valence electrons. The van der Waals surface area contributed by atoms with Crippen LogP contribution in [0.3, 0.4) is 0 Å². The van der Waals surface area contributed by atoms with Crippen molar-refractivity contribution in [2.45, 2.75) is 6.92 Å². The summed E-state index contributed by atoms with van der Waals surface area (Å²) in [6.45, 7) is 3.56. The number of rotatable bonds is 8. The molecule has 2 heterocycles. The number of ether oxygens (including phenoxy) is 4. The van der Waals surface area contributed by atoms with E-state index in [-0.39, 0.29) is 17.4 Å². The highest BCUT2D eigenvalue weighted by Crippen LogP contribution is 2.39. The summed E-state index contributed by atoms with van der Waals surface area (Å²) in [5.74, 6) is 1.61. The first-order chi connectivity index (χ1) is 17.8. The van der Waals surface area contributed by atoms with E-state index in [9.17, 15) is 9.59 Å². The summed E-state index contributed by atoms with van der Waals surface area (Å²) in [5.41, 5.74) is 7.49. The Morgan fingerprint density at radius 3 is 1.97 bits per heavy atom. The quantitative estimate of drug-likeness (QED) is 0.353. The molecular weight excluding hydrogens is 480 g/mol. The molecule has 1 aliphatic heterocycles. The minimum absolute atomic E-state index is 0.00531. The number of methoxy groups -OCH3 is 4. The summed E-state index contributed by atoms with van der Waals surface area (Å²) in [5, 5.41) is 9.22. The van der Waals surface area contributed by atoms with E-state index in [1.807, 2.05) is 4.90 Å². The molecule has 4 rings (SSSR count). The van der Waals surface area contributed by atoms with Gasteiger partial charge in [-0.05, 0) is 30.3 Å². The van der Waals surface area contributed by atoms with Crippen molar-refractivity contribution in [3.63, 3.8) is 0 Å². The number of piperazine rings is 1. The fourth-order valence-corrected chi connectivity index (χ4v) is 4.20. The van der Waals surface area contributed by atoms with Crippen LogP contribution in [0.1, 0.15) is 23.0 Å². The number of carbonyl (C=O) groups is 2. The van der Waals surface area contributed by atoms with E-state index in [2.05, 4.69) is 10.2 Å². The number of aromatic nitrogens is 3. The Balaban J connectivity index is 1.79. The number of nitrogens with zero attached hydrogens (tertiary/aromatic N) is 5. The average molecular weight is 511 g/mol. The highest BCUT2D eigenvalue weighted by Gasteiger charge is 2.29. The first kappa shape index (κ1) is 25.6. The van der Waals surface area contributed by atoms with Gasteiger partial charge in [0.25, 0.3) is 0 Å². The molecule has 1 fully saturated rings. The molecule has 12 nitrogen and oxygen atoms in total. The zero-order valence-electron chi connectivity index (χ0n) is 21.5. The molecule has 0 radical (unpaired) electrons. The number of nitrogen functional groups attached to an aromatic ring is 1. The first-order valence-corrected chi connectivity index (χ1v) is 11.6. The molecule has 0 unspecified atom stereocenters. The van der Waals surface area contributed by atoms with Gasteiger partial charge in [-0.3, -0.25) is 9.59 Å². The van der Waals surface area contributed by atoms with Gasteiger partial charge in [0.05, 0.1) is 39.8 Å². The van der Waals surface area contributed by atoms with Gasteiger partial charge in [0.2, 0.25) is 17.4 Å². The molecule has 2 N–H and O–H groups in total. The molecule has 0 spiro atoms. The number of carbonyl (C=O) groups excluding carboxylic acids is 2. The third-order valence-corrected chi connectivity index (χ3v) is 6.21. The number of hydrogen-bond acceptors (Lipinski definition) is 10. The van der Waals surface area contributed by atoms with Crippen LogP contribution in [-0.4, -0.2) is 86.2 Å². The predicted molar refractivity (Wildman–Crippen MR) is 136 cm³/mol. The maximum atomic E-state index is 13.8. The van der Waals surface area contributed by atoms with Gasteiger partial charge in [0, 0.05) is 38.7 Å². The average Bonchev–Trinajstić information content (AvgIpc) is 3.37. The summed E-state index contributed by atoms with van der Waals surface area (Å²) >= 11 is 0. The van der Waals surface area contributed by atoms with E-state index in [0.717, 1.165) is 0 Å². The standard InChI is InChI=1S/C25H30N6O6/c1-15(32)29-8-10-30(11-9-29)25-22(27-31(28-25)17-6-7-19(34-2)18(26)14-17)23(33)16-12-20(35-3)24(37-5)21(13-16)36-4/h6-7,12-14H,8-11,26H2,1-5H3. The summed E-state index contributed by atoms with van der Waals surface area (Å²) < 4.78 is 21.5. The van der Waals surface area contributed by atoms with E-state index < -0.39 is 0 Å². The van der Waals surface area contributed by atoms with E-state index in [1.54, 1.807) is 42.2 Å². The first-order valence-electron chi connectivity index (χ1n) is 11.6. The van der Waals surface area contributed by atoms with Gasteiger partial charge in [-0.15, -0.1) is 15.0 Å². The van der Waals surface area contributed by atoms with Crippen LogP contribution in [-0.2, 0) is 4.79 Å². The number of nitrogens with two attached hydrogens (primary N) is 1. The summed E-state index contributed by atoms with van der Waals surface area (Å²) in [4.78, 5) is 30.7. The molecule has 12 heteroatoms. The second kappa shape index (κ2) is 10.6. The molecule has 0 saturated carbocycles. The Morgan fingerprint density at radius 2 is 1.46 bits per heavy atom. The third kappa shape index (κ3) is 4.95. The normalized spacial score (nSPS) is 13.3. The smallest absolute Gasteiger partial charge is 0.219 e. The van der Waals surface area contributed by atoms with Crippen molar-refractivity contribution in [1.29, 1.82) is 0 Å². The zero-order chi connectivity index (χ0) is 26.7. The number of hydrogen-bond donors (Lipinski definition) is 1. The summed E-state index contributed by atoms with van der Waals surface area (Å²) in [6, 6.07) is 8.28. The lowest BCUT2D eigenvalue weighted by Gasteiger charge is -2.34. The highest BCUT2D eigenvalue weighted by molar-refractivity contribution is 6.11. The lowest BCUT2D eigenvalue weighted by atomic mass is 10.1. The zero-order valence-corrected chi connectivity index (χ0v) is 21.5. The van der Waals surface area contributed by atoms with E-state index in [0.29, 0.717) is 71.9 Å². The molecule has 0 aliphatic carbocycles. The van der Waals surface area contributed by atoms with Gasteiger partial charge in [-0.25, -0.2) is 0 Å². The van der Waals surface area contributed by atoms with E-state index >= 15 is 0 Å². The van der Waals surface area contributed by atoms with Crippen LogP contribution < -0.4 is 29.6 Å². The Labute approximate surface area is 214 Å². The van der Waals surface area contributed by atoms with Gasteiger partial charge in [0.1, 0.15) is 5.75 Å². The molecule has 37 heavy (non-hydrogen) atoms. The number of amides is 1. The Bertz CT molecular complexity index is 1290. The topological polar surface area (TPSA) is 134 Å². The maximum Gasteiger partial charge on any atom is 0.219 e. The van der Waals surface area contributed by atoms with Gasteiger partial charge in [-0.1, -0.05) is 0 Å². The van der Waals surface area contributed by atoms with Crippen molar-refractivity contribution in [3.8, 4) is 28.7 Å². The van der Waals surface area contributed by atoms with Crippen LogP contribution in [0.4, 0.5) is 11.5 Å². The largest absolute Gasteiger partial charge is 0.495 e. The minimum atomic E-state index is -0.379. The third-order valence-electron chi connectivity index (χ3n) is 6.21. The van der Waals surface area contributed by atoms with Crippen molar-refractivity contribution < 1.29 is 28.5 Å². The van der Waals surface area contributed by atoms with Crippen LogP contribution in [0.25, 0.3) is 5.69 Å². The second-order valence-corrected chi connectivity index (χ2v) is 8.32. The van der Waals surface area contributed by atoms with Crippen molar-refractivity contribution in [1.82, 2.24) is 19.9 Å². The van der Waals surface area contributed by atoms with E-state index in [1.165, 1.54) is 33.2 Å². The second-order valence-electron chi connectivity index (χ2n) is 8.32. The molecular formula is C25H30N6O6. The maximum absolute atomic E-state index is 13.8. The molecule has 1 aliphatic rings. The number of benzene rings is 2. The molecule has 1 amide bonds. The molecule has 3 aromatic rings. The SMILES string of the molecule is COc1ccc(-n2nc(C(=O)c3cc(OC)c(OC)c(OC)c3)c(N3CCN(C(C)=O)CC3)n2)cc1N. The molecule has 1 saturated heterocycles. The van der Waals surface area contributed by atoms with Crippen LogP contribution in [0, 0.1) is 0 Å². The minimum Gasteiger partial charge on any atom is -0.495 e. The molecule has 0 bridgehead atoms.